The Balaban J connectivity index is 2.26. The summed E-state index contributed by atoms with van der Waals surface area (Å²) in [6.45, 7) is 2.18. The minimum absolute atomic E-state index is 0.167. The first-order valence-electron chi connectivity index (χ1n) is 7.08. The SMILES string of the molecule is CCCCC(Nc1c(Br)cccc1Br)c1ccc(F)cc1. The lowest BCUT2D eigenvalue weighted by Crippen LogP contribution is -2.11. The van der Waals surface area contributed by atoms with Gasteiger partial charge in [0, 0.05) is 8.95 Å². The van der Waals surface area contributed by atoms with Crippen molar-refractivity contribution in [2.75, 3.05) is 5.32 Å². The maximum atomic E-state index is 13.1. The molecule has 0 aliphatic rings. The van der Waals surface area contributed by atoms with Gasteiger partial charge >= 0.3 is 0 Å². The molecule has 112 valence electrons. The molecule has 2 aromatic rings. The summed E-state index contributed by atoms with van der Waals surface area (Å²) < 4.78 is 15.2. The van der Waals surface area contributed by atoms with Gasteiger partial charge in [0.25, 0.3) is 0 Å². The Morgan fingerprint density at radius 2 is 1.67 bits per heavy atom. The highest BCUT2D eigenvalue weighted by atomic mass is 79.9. The summed E-state index contributed by atoms with van der Waals surface area (Å²) in [5, 5.41) is 3.57. The number of para-hydroxylation sites is 1. The second-order valence-corrected chi connectivity index (χ2v) is 6.70. The molecule has 0 fully saturated rings. The molecule has 0 aliphatic heterocycles. The molecule has 0 aromatic heterocycles. The highest BCUT2D eigenvalue weighted by Gasteiger charge is 2.14. The van der Waals surface area contributed by atoms with Gasteiger partial charge in [-0.15, -0.1) is 0 Å². The van der Waals surface area contributed by atoms with Crippen LogP contribution in [-0.4, -0.2) is 0 Å². The third kappa shape index (κ3) is 4.55. The van der Waals surface area contributed by atoms with E-state index in [1.807, 2.05) is 30.3 Å². The van der Waals surface area contributed by atoms with Crippen molar-refractivity contribution in [3.63, 3.8) is 0 Å². The van der Waals surface area contributed by atoms with Crippen molar-refractivity contribution < 1.29 is 4.39 Å². The van der Waals surface area contributed by atoms with Crippen molar-refractivity contribution in [1.82, 2.24) is 0 Å². The van der Waals surface area contributed by atoms with Gasteiger partial charge in [-0.25, -0.2) is 4.39 Å². The molecule has 21 heavy (non-hydrogen) atoms. The number of anilines is 1. The second kappa shape index (κ2) is 7.95. The molecule has 0 heterocycles. The first-order valence-corrected chi connectivity index (χ1v) is 8.66. The zero-order valence-electron chi connectivity index (χ0n) is 11.9. The van der Waals surface area contributed by atoms with Crippen molar-refractivity contribution in [2.24, 2.45) is 0 Å². The van der Waals surface area contributed by atoms with Gasteiger partial charge in [0.2, 0.25) is 0 Å². The van der Waals surface area contributed by atoms with Crippen LogP contribution >= 0.6 is 31.9 Å². The first-order chi connectivity index (χ1) is 10.1. The summed E-state index contributed by atoms with van der Waals surface area (Å²) in [4.78, 5) is 0. The Kier molecular flexibility index (Phi) is 6.24. The predicted octanol–water partition coefficient (Wildman–Crippen LogP) is 6.69. The predicted molar refractivity (Wildman–Crippen MR) is 94.1 cm³/mol. The van der Waals surface area contributed by atoms with Crippen LogP contribution in [0.25, 0.3) is 0 Å². The largest absolute Gasteiger partial charge is 0.376 e. The van der Waals surface area contributed by atoms with Crippen molar-refractivity contribution in [3.05, 3.63) is 62.8 Å². The van der Waals surface area contributed by atoms with Gasteiger partial charge in [-0.2, -0.15) is 0 Å². The maximum Gasteiger partial charge on any atom is 0.123 e. The summed E-state index contributed by atoms with van der Waals surface area (Å²) in [5.74, 6) is -0.199. The van der Waals surface area contributed by atoms with Crippen molar-refractivity contribution in [1.29, 1.82) is 0 Å². The van der Waals surface area contributed by atoms with Gasteiger partial charge in [-0.1, -0.05) is 38.0 Å². The number of benzene rings is 2. The van der Waals surface area contributed by atoms with Gasteiger partial charge in [0.1, 0.15) is 5.82 Å². The van der Waals surface area contributed by atoms with Gasteiger partial charge in [-0.05, 0) is 68.1 Å². The standard InChI is InChI=1S/C17H18Br2FN/c1-2-3-7-16(12-8-10-13(20)11-9-12)21-17-14(18)5-4-6-15(17)19/h4-6,8-11,16,21H,2-3,7H2,1H3. The highest BCUT2D eigenvalue weighted by molar-refractivity contribution is 9.11. The molecule has 1 unspecified atom stereocenters. The van der Waals surface area contributed by atoms with E-state index in [4.69, 9.17) is 0 Å². The van der Waals surface area contributed by atoms with Crippen LogP contribution in [0, 0.1) is 5.82 Å². The molecule has 0 aliphatic carbocycles. The van der Waals surface area contributed by atoms with Gasteiger partial charge < -0.3 is 5.32 Å². The van der Waals surface area contributed by atoms with Crippen LogP contribution in [0.4, 0.5) is 10.1 Å². The number of halogens is 3. The number of hydrogen-bond donors (Lipinski definition) is 1. The van der Waals surface area contributed by atoms with E-state index >= 15 is 0 Å². The second-order valence-electron chi connectivity index (χ2n) is 4.99. The van der Waals surface area contributed by atoms with Crippen molar-refractivity contribution in [2.45, 2.75) is 32.2 Å². The number of hydrogen-bond acceptors (Lipinski definition) is 1. The van der Waals surface area contributed by atoms with Crippen LogP contribution in [0.1, 0.15) is 37.8 Å². The van der Waals surface area contributed by atoms with Crippen LogP contribution in [0.2, 0.25) is 0 Å². The first kappa shape index (κ1) is 16.5. The fraction of sp³-hybridized carbons (Fsp3) is 0.294. The molecule has 0 amide bonds. The molecular weight excluding hydrogens is 397 g/mol. The zero-order valence-corrected chi connectivity index (χ0v) is 15.0. The summed E-state index contributed by atoms with van der Waals surface area (Å²) in [5.41, 5.74) is 2.13. The lowest BCUT2D eigenvalue weighted by Gasteiger charge is -2.22. The molecule has 1 nitrogen and oxygen atoms in total. The zero-order chi connectivity index (χ0) is 15.2. The molecule has 0 bridgehead atoms. The number of rotatable bonds is 6. The molecule has 0 radical (unpaired) electrons. The summed E-state index contributed by atoms with van der Waals surface area (Å²) in [6, 6.07) is 12.9. The van der Waals surface area contributed by atoms with E-state index in [0.717, 1.165) is 39.5 Å². The minimum Gasteiger partial charge on any atom is -0.376 e. The summed E-state index contributed by atoms with van der Waals surface area (Å²) >= 11 is 7.15. The Labute approximate surface area is 142 Å². The van der Waals surface area contributed by atoms with Crippen LogP contribution < -0.4 is 5.32 Å². The Bertz CT molecular complexity index is 564. The number of nitrogens with one attached hydrogen (secondary N) is 1. The smallest absolute Gasteiger partial charge is 0.123 e. The van der Waals surface area contributed by atoms with E-state index in [0.29, 0.717) is 0 Å². The monoisotopic (exact) mass is 413 g/mol. The highest BCUT2D eigenvalue weighted by Crippen LogP contribution is 2.35. The van der Waals surface area contributed by atoms with Crippen molar-refractivity contribution in [3.8, 4) is 0 Å². The normalized spacial score (nSPS) is 12.2. The molecule has 0 spiro atoms. The average molecular weight is 415 g/mol. The maximum absolute atomic E-state index is 13.1. The molecule has 1 N–H and O–H groups in total. The van der Waals surface area contributed by atoms with Crippen LogP contribution in [0.15, 0.2) is 51.4 Å². The van der Waals surface area contributed by atoms with Crippen molar-refractivity contribution >= 4 is 37.5 Å². The molecule has 0 saturated heterocycles. The molecule has 2 aromatic carbocycles. The van der Waals surface area contributed by atoms with Gasteiger partial charge in [0.15, 0.2) is 0 Å². The Hall–Kier alpha value is -0.870. The van der Waals surface area contributed by atoms with Crippen LogP contribution in [0.5, 0.6) is 0 Å². The van der Waals surface area contributed by atoms with Gasteiger partial charge in [-0.3, -0.25) is 0 Å². The molecule has 0 saturated carbocycles. The Morgan fingerprint density at radius 1 is 1.05 bits per heavy atom. The molecule has 2 rings (SSSR count). The molecule has 4 heteroatoms. The van der Waals surface area contributed by atoms with E-state index in [1.165, 1.54) is 12.1 Å². The van der Waals surface area contributed by atoms with Gasteiger partial charge in [0.05, 0.1) is 11.7 Å². The van der Waals surface area contributed by atoms with E-state index in [9.17, 15) is 4.39 Å². The van der Waals surface area contributed by atoms with E-state index in [-0.39, 0.29) is 11.9 Å². The lowest BCUT2D eigenvalue weighted by atomic mass is 10.0. The van der Waals surface area contributed by atoms with Crippen LogP contribution in [-0.2, 0) is 0 Å². The fourth-order valence-electron chi connectivity index (χ4n) is 2.24. The molecule has 1 atom stereocenters. The van der Waals surface area contributed by atoms with Crippen LogP contribution in [0.3, 0.4) is 0 Å². The minimum atomic E-state index is -0.199. The van der Waals surface area contributed by atoms with E-state index < -0.39 is 0 Å². The summed E-state index contributed by atoms with van der Waals surface area (Å²) in [6.07, 6.45) is 3.27. The van der Waals surface area contributed by atoms with E-state index in [1.54, 1.807) is 0 Å². The fourth-order valence-corrected chi connectivity index (χ4v) is 3.46. The summed E-state index contributed by atoms with van der Waals surface area (Å²) in [7, 11) is 0. The quantitative estimate of drug-likeness (QED) is 0.554. The third-order valence-corrected chi connectivity index (χ3v) is 4.72. The van der Waals surface area contributed by atoms with E-state index in [2.05, 4.69) is 44.1 Å². The lowest BCUT2D eigenvalue weighted by molar-refractivity contribution is 0.616. The Morgan fingerprint density at radius 3 is 2.24 bits per heavy atom. The third-order valence-electron chi connectivity index (χ3n) is 3.40. The number of unbranched alkanes of at least 4 members (excludes halogenated alkanes) is 1. The topological polar surface area (TPSA) is 12.0 Å². The molecular formula is C17H18Br2FN. The average Bonchev–Trinajstić information content (AvgIpc) is 2.47.